The van der Waals surface area contributed by atoms with Crippen LogP contribution in [0.3, 0.4) is 0 Å². The molecule has 0 radical (unpaired) electrons. The number of phenolic OH excluding ortho intramolecular Hbond substituents is 1. The maximum atomic E-state index is 11.0. The summed E-state index contributed by atoms with van der Waals surface area (Å²) in [5.41, 5.74) is 10.6. The summed E-state index contributed by atoms with van der Waals surface area (Å²) in [6.07, 6.45) is 3.88. The number of benzene rings is 2. The molecule has 6 heteroatoms. The van der Waals surface area contributed by atoms with Crippen molar-refractivity contribution in [1.82, 2.24) is 14.8 Å². The molecular formula is C25H30N4O2. The van der Waals surface area contributed by atoms with Crippen molar-refractivity contribution in [2.75, 3.05) is 33.2 Å². The lowest BCUT2D eigenvalue weighted by Gasteiger charge is -2.40. The Morgan fingerprint density at radius 3 is 2.84 bits per heavy atom. The molecule has 1 aliphatic rings. The molecule has 1 aromatic heterocycles. The number of nitrogens with zero attached hydrogens (tertiary/aromatic N) is 2. The van der Waals surface area contributed by atoms with E-state index in [9.17, 15) is 9.90 Å². The van der Waals surface area contributed by atoms with Crippen LogP contribution in [-0.4, -0.2) is 59.0 Å². The fraction of sp³-hybridized carbons (Fsp3) is 0.320. The van der Waals surface area contributed by atoms with Gasteiger partial charge >= 0.3 is 0 Å². The zero-order chi connectivity index (χ0) is 22.0. The number of rotatable bonds is 6. The van der Waals surface area contributed by atoms with Crippen LogP contribution in [0, 0.1) is 6.92 Å². The van der Waals surface area contributed by atoms with E-state index in [1.54, 1.807) is 12.1 Å². The number of carbonyl (C=O) groups is 1. The van der Waals surface area contributed by atoms with E-state index in [2.05, 4.69) is 53.0 Å². The van der Waals surface area contributed by atoms with Crippen molar-refractivity contribution < 1.29 is 9.90 Å². The first-order valence-electron chi connectivity index (χ1n) is 10.7. The van der Waals surface area contributed by atoms with Crippen LogP contribution < -0.4 is 5.73 Å². The highest BCUT2D eigenvalue weighted by Crippen LogP contribution is 2.33. The number of primary amides is 1. The van der Waals surface area contributed by atoms with E-state index < -0.39 is 5.91 Å². The van der Waals surface area contributed by atoms with Crippen molar-refractivity contribution in [1.29, 1.82) is 0 Å². The maximum Gasteiger partial charge on any atom is 0.241 e. The summed E-state index contributed by atoms with van der Waals surface area (Å²) in [6, 6.07) is 14.1. The van der Waals surface area contributed by atoms with Crippen LogP contribution in [0.25, 0.3) is 17.0 Å². The predicted molar refractivity (Wildman–Crippen MR) is 125 cm³/mol. The van der Waals surface area contributed by atoms with Crippen molar-refractivity contribution in [3.63, 3.8) is 0 Å². The summed E-state index contributed by atoms with van der Waals surface area (Å²) in [5, 5.41) is 12.0. The van der Waals surface area contributed by atoms with Crippen molar-refractivity contribution in [2.45, 2.75) is 19.4 Å². The molecule has 6 nitrogen and oxygen atoms in total. The molecule has 4 rings (SSSR count). The molecule has 1 unspecified atom stereocenters. The summed E-state index contributed by atoms with van der Waals surface area (Å²) < 4.78 is 0. The number of hydrogen-bond donors (Lipinski definition) is 3. The molecule has 0 saturated carbocycles. The van der Waals surface area contributed by atoms with Crippen LogP contribution in [0.15, 0.2) is 48.5 Å². The number of amides is 1. The number of likely N-dealkylation sites (N-methyl/N-ethyl adjacent to an activating group) is 1. The number of piperazine rings is 1. The highest BCUT2D eigenvalue weighted by molar-refractivity contribution is 5.90. The number of hydrogen-bond acceptors (Lipinski definition) is 4. The van der Waals surface area contributed by atoms with Crippen LogP contribution in [0.1, 0.15) is 28.4 Å². The molecule has 31 heavy (non-hydrogen) atoms. The molecule has 1 saturated heterocycles. The second kappa shape index (κ2) is 8.96. The van der Waals surface area contributed by atoms with Gasteiger partial charge in [0.1, 0.15) is 5.75 Å². The van der Waals surface area contributed by atoms with Crippen molar-refractivity contribution in [3.05, 3.63) is 70.9 Å². The fourth-order valence-electron chi connectivity index (χ4n) is 4.56. The number of carbonyl (C=O) groups excluding carboxylic acids is 1. The third-order valence-corrected chi connectivity index (χ3v) is 6.22. The lowest BCUT2D eigenvalue weighted by atomic mass is 9.98. The van der Waals surface area contributed by atoms with Crippen LogP contribution in [0.4, 0.5) is 0 Å². The minimum Gasteiger partial charge on any atom is -0.508 e. The topological polar surface area (TPSA) is 85.6 Å². The van der Waals surface area contributed by atoms with E-state index in [0.717, 1.165) is 43.7 Å². The number of nitrogens with one attached hydrogen (secondary N) is 1. The Morgan fingerprint density at radius 2 is 2.06 bits per heavy atom. The highest BCUT2D eigenvalue weighted by atomic mass is 16.3. The van der Waals surface area contributed by atoms with Gasteiger partial charge in [0.2, 0.25) is 5.91 Å². The molecule has 1 fully saturated rings. The second-order valence-electron chi connectivity index (χ2n) is 8.39. The van der Waals surface area contributed by atoms with Crippen LogP contribution in [-0.2, 0) is 11.2 Å². The largest absolute Gasteiger partial charge is 0.508 e. The quantitative estimate of drug-likeness (QED) is 0.537. The Kier molecular flexibility index (Phi) is 6.11. The Bertz CT molecular complexity index is 1120. The Balaban J connectivity index is 1.56. The number of fused-ring (bicyclic) bond motifs is 1. The summed E-state index contributed by atoms with van der Waals surface area (Å²) in [5.74, 6) is -0.253. The standard InChI is InChI=1S/C25H30N4O2/c1-17-19(20-5-3-4-6-22(20)27-17)11-12-29-14-13-28(2)16-23(29)21-9-7-18(15-24(21)30)8-10-25(26)31/h3-10,15,23,27,30H,11-14,16H2,1-2H3,(H2,26,31)/b10-8+. The Labute approximate surface area is 183 Å². The number of para-hydroxylation sites is 1. The zero-order valence-electron chi connectivity index (χ0n) is 18.1. The summed E-state index contributed by atoms with van der Waals surface area (Å²) in [7, 11) is 2.12. The number of H-pyrrole nitrogens is 1. The van der Waals surface area contributed by atoms with Gasteiger partial charge in [0.25, 0.3) is 0 Å². The number of nitrogens with two attached hydrogens (primary N) is 1. The summed E-state index contributed by atoms with van der Waals surface area (Å²) in [4.78, 5) is 19.2. The smallest absolute Gasteiger partial charge is 0.241 e. The minimum atomic E-state index is -0.503. The van der Waals surface area contributed by atoms with Gasteiger partial charge in [0.15, 0.2) is 0 Å². The van der Waals surface area contributed by atoms with E-state index in [1.165, 1.54) is 28.2 Å². The van der Waals surface area contributed by atoms with Crippen LogP contribution in [0.2, 0.25) is 0 Å². The van der Waals surface area contributed by atoms with Gasteiger partial charge in [-0.15, -0.1) is 0 Å². The molecule has 0 bridgehead atoms. The number of aromatic amines is 1. The molecule has 1 amide bonds. The molecule has 162 valence electrons. The molecule has 2 aromatic carbocycles. The molecule has 3 aromatic rings. The van der Waals surface area contributed by atoms with Gasteiger partial charge in [-0.1, -0.05) is 30.3 Å². The van der Waals surface area contributed by atoms with E-state index in [4.69, 9.17) is 5.73 Å². The molecule has 0 aliphatic carbocycles. The molecule has 4 N–H and O–H groups in total. The lowest BCUT2D eigenvalue weighted by molar-refractivity contribution is -0.113. The van der Waals surface area contributed by atoms with E-state index in [1.807, 2.05) is 12.1 Å². The number of aryl methyl sites for hydroxylation is 1. The van der Waals surface area contributed by atoms with Gasteiger partial charge in [-0.3, -0.25) is 9.69 Å². The van der Waals surface area contributed by atoms with Crippen molar-refractivity contribution in [2.24, 2.45) is 5.73 Å². The predicted octanol–water partition coefficient (Wildman–Crippen LogP) is 3.21. The Morgan fingerprint density at radius 1 is 1.26 bits per heavy atom. The van der Waals surface area contributed by atoms with Crippen LogP contribution in [0.5, 0.6) is 5.75 Å². The molecule has 1 atom stereocenters. The van der Waals surface area contributed by atoms with E-state index >= 15 is 0 Å². The van der Waals surface area contributed by atoms with Gasteiger partial charge in [0.05, 0.1) is 6.04 Å². The second-order valence-corrected chi connectivity index (χ2v) is 8.39. The minimum absolute atomic E-state index is 0.110. The number of aromatic nitrogens is 1. The molecule has 1 aliphatic heterocycles. The third kappa shape index (κ3) is 4.65. The lowest BCUT2D eigenvalue weighted by Crippen LogP contribution is -2.47. The monoisotopic (exact) mass is 418 g/mol. The average molecular weight is 419 g/mol. The average Bonchev–Trinajstić information content (AvgIpc) is 3.06. The van der Waals surface area contributed by atoms with Crippen molar-refractivity contribution >= 4 is 22.9 Å². The van der Waals surface area contributed by atoms with E-state index in [0.29, 0.717) is 0 Å². The van der Waals surface area contributed by atoms with Gasteiger partial charge in [-0.2, -0.15) is 0 Å². The summed E-state index contributed by atoms with van der Waals surface area (Å²) >= 11 is 0. The van der Waals surface area contributed by atoms with Crippen molar-refractivity contribution in [3.8, 4) is 5.75 Å². The van der Waals surface area contributed by atoms with Crippen LogP contribution >= 0.6 is 0 Å². The normalized spacial score (nSPS) is 18.2. The maximum absolute atomic E-state index is 11.0. The van der Waals surface area contributed by atoms with Gasteiger partial charge in [-0.25, -0.2) is 0 Å². The number of aromatic hydroxyl groups is 1. The van der Waals surface area contributed by atoms with Gasteiger partial charge in [0, 0.05) is 54.4 Å². The first kappa shape index (κ1) is 21.2. The molecular weight excluding hydrogens is 388 g/mol. The first-order chi connectivity index (χ1) is 14.9. The third-order valence-electron chi connectivity index (χ3n) is 6.22. The fourth-order valence-corrected chi connectivity index (χ4v) is 4.56. The van der Waals surface area contributed by atoms with Gasteiger partial charge < -0.3 is 20.7 Å². The first-order valence-corrected chi connectivity index (χ1v) is 10.7. The molecule has 0 spiro atoms. The Hall–Kier alpha value is -3.09. The van der Waals surface area contributed by atoms with E-state index in [-0.39, 0.29) is 11.8 Å². The van der Waals surface area contributed by atoms with Gasteiger partial charge in [-0.05, 0) is 49.7 Å². The SMILES string of the molecule is Cc1[nH]c2ccccc2c1CCN1CCN(C)CC1c1ccc(/C=C/C(N)=O)cc1O. The zero-order valence-corrected chi connectivity index (χ0v) is 18.1. The highest BCUT2D eigenvalue weighted by Gasteiger charge is 2.28. The number of phenols is 1. The summed E-state index contributed by atoms with van der Waals surface area (Å²) in [6.45, 7) is 5.87. The molecule has 2 heterocycles.